The molecule has 2 aromatic carbocycles. The van der Waals surface area contributed by atoms with Crippen LogP contribution in [-0.4, -0.2) is 83.5 Å². The highest BCUT2D eigenvalue weighted by Crippen LogP contribution is 2.38. The highest BCUT2D eigenvalue weighted by atomic mass is 32.2. The molecule has 3 aromatic heterocycles. The van der Waals surface area contributed by atoms with E-state index in [9.17, 15) is 18.0 Å². The summed E-state index contributed by atoms with van der Waals surface area (Å²) < 4.78 is 41.1. The van der Waals surface area contributed by atoms with E-state index >= 15 is 0 Å². The Hall–Kier alpha value is -5.16. The Kier molecular flexibility index (Phi) is 8.27. The molecule has 1 fully saturated rings. The summed E-state index contributed by atoms with van der Waals surface area (Å²) in [5, 5.41) is 1.55. The third-order valence-electron chi connectivity index (χ3n) is 6.96. The van der Waals surface area contributed by atoms with E-state index in [4.69, 9.17) is 9.47 Å². The molecule has 0 saturated carbocycles. The van der Waals surface area contributed by atoms with Gasteiger partial charge in [0.1, 0.15) is 17.8 Å². The van der Waals surface area contributed by atoms with Gasteiger partial charge in [-0.05, 0) is 48.3 Å². The standard InChI is InChI=1S/C28H27N9O6S2/c1-17(38)43-23-14-20-21(15-22(23)42-2)33-25-24(20)26(32-16-31-25)36-10-12-37(13-11-36)28(39)34-44-18-4-6-19(7-5-18)45(40,41)35-27-29-8-3-9-30-27/h3-9,14-16H,10-13H2,1-2H3,(H,34,39)(H,29,30,35)(H,31,32,33). The van der Waals surface area contributed by atoms with Gasteiger partial charge in [0.05, 0.1) is 22.9 Å². The lowest BCUT2D eigenvalue weighted by Crippen LogP contribution is -2.51. The summed E-state index contributed by atoms with van der Waals surface area (Å²) in [6.45, 7) is 3.25. The maximum Gasteiger partial charge on any atom is 0.327 e. The summed E-state index contributed by atoms with van der Waals surface area (Å²) in [5.74, 6) is 0.911. The summed E-state index contributed by atoms with van der Waals surface area (Å²) in [7, 11) is -2.36. The Labute approximate surface area is 261 Å². The number of nitrogens with zero attached hydrogens (tertiary/aromatic N) is 6. The Bertz CT molecular complexity index is 1980. The van der Waals surface area contributed by atoms with Crippen molar-refractivity contribution in [2.75, 3.05) is 42.9 Å². The van der Waals surface area contributed by atoms with Crippen molar-refractivity contribution in [3.63, 3.8) is 0 Å². The van der Waals surface area contributed by atoms with E-state index in [0.717, 1.165) is 28.2 Å². The molecule has 4 heterocycles. The zero-order valence-electron chi connectivity index (χ0n) is 24.1. The first kappa shape index (κ1) is 29.9. The minimum atomic E-state index is -3.86. The number of amides is 2. The molecule has 0 aliphatic carbocycles. The maximum absolute atomic E-state index is 12.9. The molecule has 1 aliphatic rings. The topological polar surface area (TPSA) is 185 Å². The lowest BCUT2D eigenvalue weighted by atomic mass is 10.1. The van der Waals surface area contributed by atoms with E-state index in [-0.39, 0.29) is 16.9 Å². The molecule has 2 amide bonds. The maximum atomic E-state index is 12.9. The van der Waals surface area contributed by atoms with Gasteiger partial charge < -0.3 is 24.3 Å². The number of anilines is 2. The summed E-state index contributed by atoms with van der Waals surface area (Å²) in [6.07, 6.45) is 4.36. The van der Waals surface area contributed by atoms with Crippen molar-refractivity contribution in [1.82, 2.24) is 34.5 Å². The molecule has 1 saturated heterocycles. The number of esters is 1. The van der Waals surface area contributed by atoms with Crippen LogP contribution in [0.4, 0.5) is 16.6 Å². The number of benzene rings is 2. The monoisotopic (exact) mass is 649 g/mol. The highest BCUT2D eigenvalue weighted by molar-refractivity contribution is 7.98. The van der Waals surface area contributed by atoms with Gasteiger partial charge in [0.25, 0.3) is 10.0 Å². The number of H-pyrrole nitrogens is 1. The number of hydrogen-bond donors (Lipinski definition) is 3. The number of sulfonamides is 1. The van der Waals surface area contributed by atoms with Gasteiger partial charge in [-0.1, -0.05) is 0 Å². The molecule has 45 heavy (non-hydrogen) atoms. The van der Waals surface area contributed by atoms with Crippen LogP contribution in [0.15, 0.2) is 71.0 Å². The fourth-order valence-electron chi connectivity index (χ4n) is 4.86. The summed E-state index contributed by atoms with van der Waals surface area (Å²) in [6, 6.07) is 10.9. The molecule has 0 bridgehead atoms. The van der Waals surface area contributed by atoms with Crippen LogP contribution < -0.4 is 23.8 Å². The number of hydrogen-bond acceptors (Lipinski definition) is 12. The number of urea groups is 1. The van der Waals surface area contributed by atoms with Gasteiger partial charge in [0, 0.05) is 61.8 Å². The zero-order chi connectivity index (χ0) is 31.6. The Balaban J connectivity index is 1.09. The molecule has 232 valence electrons. The first-order chi connectivity index (χ1) is 21.7. The number of nitrogens with one attached hydrogen (secondary N) is 3. The summed E-state index contributed by atoms with van der Waals surface area (Å²) >= 11 is 1.09. The Morgan fingerprint density at radius 1 is 0.978 bits per heavy atom. The van der Waals surface area contributed by atoms with Crippen molar-refractivity contribution < 1.29 is 27.5 Å². The zero-order valence-corrected chi connectivity index (χ0v) is 25.7. The number of carbonyl (C=O) groups excluding carboxylic acids is 2. The normalized spacial score (nSPS) is 13.6. The second-order valence-electron chi connectivity index (χ2n) is 9.82. The van der Waals surface area contributed by atoms with Crippen molar-refractivity contribution in [3.8, 4) is 11.5 Å². The number of methoxy groups -OCH3 is 1. The predicted molar refractivity (Wildman–Crippen MR) is 167 cm³/mol. The van der Waals surface area contributed by atoms with Crippen LogP contribution in [0.25, 0.3) is 21.9 Å². The molecule has 0 unspecified atom stereocenters. The van der Waals surface area contributed by atoms with Crippen LogP contribution in [0.3, 0.4) is 0 Å². The first-order valence-electron chi connectivity index (χ1n) is 13.6. The smallest absolute Gasteiger partial charge is 0.327 e. The van der Waals surface area contributed by atoms with E-state index in [0.29, 0.717) is 54.0 Å². The fourth-order valence-corrected chi connectivity index (χ4v) is 6.42. The molecule has 5 aromatic rings. The van der Waals surface area contributed by atoms with E-state index in [1.54, 1.807) is 35.2 Å². The summed E-state index contributed by atoms with van der Waals surface area (Å²) in [5.41, 5.74) is 1.37. The van der Waals surface area contributed by atoms with Gasteiger partial charge in [-0.25, -0.2) is 37.9 Å². The predicted octanol–water partition coefficient (Wildman–Crippen LogP) is 3.17. The number of rotatable bonds is 8. The molecular weight excluding hydrogens is 622 g/mol. The number of aromatic amines is 1. The van der Waals surface area contributed by atoms with Crippen molar-refractivity contribution in [3.05, 3.63) is 61.2 Å². The highest BCUT2D eigenvalue weighted by Gasteiger charge is 2.25. The van der Waals surface area contributed by atoms with Crippen LogP contribution >= 0.6 is 11.9 Å². The van der Waals surface area contributed by atoms with Crippen molar-refractivity contribution >= 4 is 67.7 Å². The third-order valence-corrected chi connectivity index (χ3v) is 9.08. The van der Waals surface area contributed by atoms with Crippen LogP contribution in [0.1, 0.15) is 6.92 Å². The van der Waals surface area contributed by atoms with E-state index in [1.165, 1.54) is 44.9 Å². The van der Waals surface area contributed by atoms with Crippen LogP contribution in [-0.2, 0) is 14.8 Å². The minimum Gasteiger partial charge on any atom is -0.493 e. The third kappa shape index (κ3) is 6.39. The lowest BCUT2D eigenvalue weighted by Gasteiger charge is -2.35. The van der Waals surface area contributed by atoms with Gasteiger partial charge in [0.2, 0.25) is 5.95 Å². The Morgan fingerprint density at radius 3 is 2.40 bits per heavy atom. The van der Waals surface area contributed by atoms with Crippen LogP contribution in [0.2, 0.25) is 0 Å². The van der Waals surface area contributed by atoms with Crippen molar-refractivity contribution in [1.29, 1.82) is 0 Å². The first-order valence-corrected chi connectivity index (χ1v) is 15.9. The molecule has 0 radical (unpaired) electrons. The second kappa shape index (κ2) is 12.4. The van der Waals surface area contributed by atoms with Gasteiger partial charge in [-0.15, -0.1) is 0 Å². The quantitative estimate of drug-likeness (QED) is 0.127. The van der Waals surface area contributed by atoms with Crippen molar-refractivity contribution in [2.45, 2.75) is 16.7 Å². The molecule has 15 nitrogen and oxygen atoms in total. The molecule has 1 aliphatic heterocycles. The molecule has 17 heteroatoms. The SMILES string of the molecule is COc1cc2[nH]c3ncnc(N4CCN(C(=O)NSc5ccc(S(=O)(=O)Nc6ncccn6)cc5)CC4)c3c2cc1OC(C)=O. The lowest BCUT2D eigenvalue weighted by molar-refractivity contribution is -0.132. The van der Waals surface area contributed by atoms with Crippen LogP contribution in [0, 0.1) is 0 Å². The van der Waals surface area contributed by atoms with Gasteiger partial charge in [-0.3, -0.25) is 9.52 Å². The largest absolute Gasteiger partial charge is 0.493 e. The van der Waals surface area contributed by atoms with Crippen LogP contribution in [0.5, 0.6) is 11.5 Å². The van der Waals surface area contributed by atoms with Gasteiger partial charge in [0.15, 0.2) is 11.5 Å². The number of aromatic nitrogens is 5. The Morgan fingerprint density at radius 2 is 1.71 bits per heavy atom. The molecule has 6 rings (SSSR count). The summed E-state index contributed by atoms with van der Waals surface area (Å²) in [4.78, 5) is 49.1. The van der Waals surface area contributed by atoms with Gasteiger partial charge >= 0.3 is 12.0 Å². The molecule has 3 N–H and O–H groups in total. The fraction of sp³-hybridized carbons (Fsp3) is 0.214. The number of fused-ring (bicyclic) bond motifs is 3. The minimum absolute atomic E-state index is 0.0250. The number of carbonyl (C=O) groups is 2. The average molecular weight is 650 g/mol. The number of piperazine rings is 1. The molecule has 0 spiro atoms. The molecule has 0 atom stereocenters. The number of ether oxygens (including phenoxy) is 2. The van der Waals surface area contributed by atoms with E-state index in [2.05, 4.69) is 39.3 Å². The molecular formula is C28H27N9O6S2. The van der Waals surface area contributed by atoms with E-state index < -0.39 is 16.0 Å². The van der Waals surface area contributed by atoms with Crippen molar-refractivity contribution in [2.24, 2.45) is 0 Å². The van der Waals surface area contributed by atoms with Gasteiger partial charge in [-0.2, -0.15) is 0 Å². The second-order valence-corrected chi connectivity index (χ2v) is 12.4. The average Bonchev–Trinajstić information content (AvgIpc) is 3.41. The van der Waals surface area contributed by atoms with E-state index in [1.807, 2.05) is 0 Å².